The molecule has 0 spiro atoms. The van der Waals surface area contributed by atoms with Crippen molar-refractivity contribution in [1.29, 1.82) is 0 Å². The van der Waals surface area contributed by atoms with Gasteiger partial charge in [-0.05, 0) is 48.9 Å². The molecule has 2 heterocycles. The van der Waals surface area contributed by atoms with Crippen LogP contribution in [-0.4, -0.2) is 43.7 Å². The molecule has 0 fully saturated rings. The number of carbonyl (C=O) groups excluding carboxylic acids is 2. The topological polar surface area (TPSA) is 126 Å². The fourth-order valence-electron chi connectivity index (χ4n) is 3.93. The van der Waals surface area contributed by atoms with Crippen molar-refractivity contribution in [1.82, 2.24) is 25.4 Å². The minimum Gasteiger partial charge on any atom is -0.480 e. The number of carboxylic acid groups (broad SMARTS) is 1. The molecular formula is C30H29N5O4. The minimum absolute atomic E-state index is 0.107. The second-order valence-corrected chi connectivity index (χ2v) is 8.84. The van der Waals surface area contributed by atoms with Gasteiger partial charge in [-0.25, -0.2) is 9.48 Å². The Hall–Kier alpha value is -5.05. The van der Waals surface area contributed by atoms with Crippen LogP contribution in [0.2, 0.25) is 0 Å². The molecule has 9 nitrogen and oxygen atoms in total. The zero-order valence-corrected chi connectivity index (χ0v) is 21.4. The number of carboxylic acids is 1. The lowest BCUT2D eigenvalue weighted by atomic mass is 10.1. The third-order valence-electron chi connectivity index (χ3n) is 5.98. The third kappa shape index (κ3) is 7.04. The van der Waals surface area contributed by atoms with E-state index < -0.39 is 23.8 Å². The summed E-state index contributed by atoms with van der Waals surface area (Å²) in [5.74, 6) is -2.36. The minimum atomic E-state index is -1.14. The number of nitrogens with one attached hydrogen (secondary N) is 2. The van der Waals surface area contributed by atoms with E-state index in [2.05, 4.69) is 15.6 Å². The van der Waals surface area contributed by atoms with Gasteiger partial charge in [-0.15, -0.1) is 0 Å². The summed E-state index contributed by atoms with van der Waals surface area (Å²) < 4.78 is 1.67. The molecule has 0 aliphatic heterocycles. The second-order valence-electron chi connectivity index (χ2n) is 8.84. The highest BCUT2D eigenvalue weighted by molar-refractivity contribution is 6.06. The summed E-state index contributed by atoms with van der Waals surface area (Å²) in [5.41, 5.74) is 2.82. The Morgan fingerprint density at radius 1 is 1.00 bits per heavy atom. The quantitative estimate of drug-likeness (QED) is 0.249. The van der Waals surface area contributed by atoms with Crippen LogP contribution in [0.15, 0.2) is 97.1 Å². The van der Waals surface area contributed by atoms with Crippen LogP contribution in [0.4, 0.5) is 0 Å². The van der Waals surface area contributed by atoms with Crippen molar-refractivity contribution in [2.24, 2.45) is 0 Å². The summed E-state index contributed by atoms with van der Waals surface area (Å²) in [6.45, 7) is 1.94. The van der Waals surface area contributed by atoms with Crippen LogP contribution in [0.5, 0.6) is 0 Å². The molecule has 0 saturated carbocycles. The van der Waals surface area contributed by atoms with Gasteiger partial charge in [0.25, 0.3) is 11.8 Å². The molecule has 0 saturated heterocycles. The number of nitrogens with zero attached hydrogens (tertiary/aromatic N) is 3. The van der Waals surface area contributed by atoms with E-state index in [9.17, 15) is 19.5 Å². The normalized spacial score (nSPS) is 12.0. The zero-order chi connectivity index (χ0) is 27.6. The number of amides is 2. The molecule has 2 aromatic carbocycles. The fourth-order valence-corrected chi connectivity index (χ4v) is 3.93. The third-order valence-corrected chi connectivity index (χ3v) is 5.98. The van der Waals surface area contributed by atoms with Gasteiger partial charge in [-0.2, -0.15) is 5.10 Å². The lowest BCUT2D eigenvalue weighted by Crippen LogP contribution is -2.44. The second kappa shape index (κ2) is 13.0. The van der Waals surface area contributed by atoms with Gasteiger partial charge in [0, 0.05) is 35.3 Å². The van der Waals surface area contributed by atoms with Crippen LogP contribution in [0.25, 0.3) is 23.0 Å². The predicted octanol–water partition coefficient (Wildman–Crippen LogP) is 4.46. The molecule has 1 unspecified atom stereocenters. The van der Waals surface area contributed by atoms with Crippen LogP contribution < -0.4 is 10.6 Å². The number of aliphatic carboxylic acids is 1. The van der Waals surface area contributed by atoms with Gasteiger partial charge in [-0.3, -0.25) is 14.6 Å². The Bertz CT molecular complexity index is 1450. The largest absolute Gasteiger partial charge is 0.480 e. The SMILES string of the molecule is CCCCC(NC(=O)C(=Cc1cn(-c2ccccc2)nc1-c1cccnc1)NC(=O)c1ccccc1)C(=O)O. The number of hydrogen-bond donors (Lipinski definition) is 3. The first-order chi connectivity index (χ1) is 19.0. The number of pyridine rings is 1. The number of para-hydroxylation sites is 1. The summed E-state index contributed by atoms with van der Waals surface area (Å²) in [7, 11) is 0. The summed E-state index contributed by atoms with van der Waals surface area (Å²) in [4.78, 5) is 42.5. The van der Waals surface area contributed by atoms with Gasteiger partial charge < -0.3 is 15.7 Å². The van der Waals surface area contributed by atoms with E-state index in [0.717, 1.165) is 12.1 Å². The maximum absolute atomic E-state index is 13.4. The Morgan fingerprint density at radius 3 is 2.36 bits per heavy atom. The maximum Gasteiger partial charge on any atom is 0.326 e. The smallest absolute Gasteiger partial charge is 0.326 e. The molecule has 1 atom stereocenters. The van der Waals surface area contributed by atoms with Crippen LogP contribution in [0.3, 0.4) is 0 Å². The van der Waals surface area contributed by atoms with E-state index in [-0.39, 0.29) is 12.1 Å². The average molecular weight is 524 g/mol. The molecular weight excluding hydrogens is 494 g/mol. The highest BCUT2D eigenvalue weighted by Gasteiger charge is 2.24. The molecule has 39 heavy (non-hydrogen) atoms. The molecule has 4 aromatic rings. The van der Waals surface area contributed by atoms with Gasteiger partial charge in [0.05, 0.1) is 5.69 Å². The highest BCUT2D eigenvalue weighted by atomic mass is 16.4. The van der Waals surface area contributed by atoms with Crippen molar-refractivity contribution in [3.63, 3.8) is 0 Å². The molecule has 0 aliphatic carbocycles. The number of rotatable bonds is 11. The van der Waals surface area contributed by atoms with Crippen LogP contribution >= 0.6 is 0 Å². The first-order valence-electron chi connectivity index (χ1n) is 12.6. The molecule has 4 rings (SSSR count). The number of unbranched alkanes of at least 4 members (excludes halogenated alkanes) is 1. The van der Waals surface area contributed by atoms with Crippen LogP contribution in [0, 0.1) is 0 Å². The van der Waals surface area contributed by atoms with E-state index in [1.54, 1.807) is 59.7 Å². The van der Waals surface area contributed by atoms with Crippen molar-refractivity contribution in [2.45, 2.75) is 32.2 Å². The van der Waals surface area contributed by atoms with Crippen molar-refractivity contribution >= 4 is 23.9 Å². The first-order valence-corrected chi connectivity index (χ1v) is 12.6. The van der Waals surface area contributed by atoms with Gasteiger partial charge in [0.2, 0.25) is 0 Å². The number of carbonyl (C=O) groups is 3. The molecule has 3 N–H and O–H groups in total. The maximum atomic E-state index is 13.4. The molecule has 9 heteroatoms. The van der Waals surface area contributed by atoms with E-state index in [4.69, 9.17) is 5.10 Å². The lowest BCUT2D eigenvalue weighted by Gasteiger charge is -2.16. The van der Waals surface area contributed by atoms with Gasteiger partial charge in [0.1, 0.15) is 17.4 Å². The Kier molecular flexibility index (Phi) is 8.97. The van der Waals surface area contributed by atoms with E-state index in [1.165, 1.54) is 6.08 Å². The zero-order valence-electron chi connectivity index (χ0n) is 21.4. The number of aromatic nitrogens is 3. The van der Waals surface area contributed by atoms with Crippen molar-refractivity contribution < 1.29 is 19.5 Å². The van der Waals surface area contributed by atoms with Crippen LogP contribution in [-0.2, 0) is 9.59 Å². The number of hydrogen-bond acceptors (Lipinski definition) is 5. The van der Waals surface area contributed by atoms with Crippen molar-refractivity contribution in [3.05, 3.63) is 108 Å². The summed E-state index contributed by atoms with van der Waals surface area (Å²) in [6, 6.07) is 20.4. The van der Waals surface area contributed by atoms with Crippen molar-refractivity contribution in [2.75, 3.05) is 0 Å². The summed E-state index contributed by atoms with van der Waals surface area (Å²) >= 11 is 0. The molecule has 2 aromatic heterocycles. The molecule has 0 bridgehead atoms. The predicted molar refractivity (Wildman–Crippen MR) is 148 cm³/mol. The van der Waals surface area contributed by atoms with Crippen molar-refractivity contribution in [3.8, 4) is 16.9 Å². The number of benzene rings is 2. The molecule has 2 amide bonds. The Balaban J connectivity index is 1.78. The van der Waals surface area contributed by atoms with Gasteiger partial charge >= 0.3 is 5.97 Å². The first kappa shape index (κ1) is 27.0. The lowest BCUT2D eigenvalue weighted by molar-refractivity contribution is -0.141. The molecule has 0 radical (unpaired) electrons. The van der Waals surface area contributed by atoms with Gasteiger partial charge in [0.15, 0.2) is 0 Å². The van der Waals surface area contributed by atoms with E-state index in [1.807, 2.05) is 43.3 Å². The molecule has 0 aliphatic rings. The standard InChI is InChI=1S/C30H29N5O4/c1-2-3-16-25(30(38)39)32-29(37)26(33-28(36)21-11-6-4-7-12-21)18-23-20-35(24-14-8-5-9-15-24)34-27(23)22-13-10-17-31-19-22/h4-15,17-20,25H,2-3,16H2,1H3,(H,32,37)(H,33,36)(H,38,39). The Morgan fingerprint density at radius 2 is 1.72 bits per heavy atom. The summed E-state index contributed by atoms with van der Waals surface area (Å²) in [6.07, 6.45) is 8.22. The van der Waals surface area contributed by atoms with E-state index >= 15 is 0 Å². The summed E-state index contributed by atoms with van der Waals surface area (Å²) in [5, 5.41) is 19.6. The van der Waals surface area contributed by atoms with Crippen LogP contribution in [0.1, 0.15) is 42.1 Å². The van der Waals surface area contributed by atoms with E-state index in [0.29, 0.717) is 28.8 Å². The molecule has 198 valence electrons. The monoisotopic (exact) mass is 523 g/mol. The average Bonchev–Trinajstić information content (AvgIpc) is 3.40. The van der Waals surface area contributed by atoms with Gasteiger partial charge in [-0.1, -0.05) is 56.2 Å². The Labute approximate surface area is 226 Å². The fraction of sp³-hybridized carbons (Fsp3) is 0.167. The highest BCUT2D eigenvalue weighted by Crippen LogP contribution is 2.25.